The van der Waals surface area contributed by atoms with Gasteiger partial charge >= 0.3 is 0 Å². The molecule has 0 aliphatic heterocycles. The van der Waals surface area contributed by atoms with Gasteiger partial charge in [-0.3, -0.25) is 0 Å². The van der Waals surface area contributed by atoms with Gasteiger partial charge < -0.3 is 18.9 Å². The standard InChI is InChI=1S/C20H42O4/c1-7-12-13-14-15-16-17-19(6,18-21-8-2)20(22-9-3,23-10-4)24-11-5/h7-18H2,1-6H3. The van der Waals surface area contributed by atoms with Crippen LogP contribution in [-0.2, 0) is 18.9 Å². The van der Waals surface area contributed by atoms with Crippen molar-refractivity contribution in [1.82, 2.24) is 0 Å². The second-order valence-corrected chi connectivity index (χ2v) is 6.57. The van der Waals surface area contributed by atoms with Crippen LogP contribution in [0.15, 0.2) is 0 Å². The van der Waals surface area contributed by atoms with E-state index in [1.807, 2.05) is 27.7 Å². The van der Waals surface area contributed by atoms with E-state index in [0.717, 1.165) is 12.8 Å². The molecule has 0 aromatic heterocycles. The Labute approximate surface area is 150 Å². The Bertz CT molecular complexity index is 266. The van der Waals surface area contributed by atoms with E-state index < -0.39 is 5.97 Å². The summed E-state index contributed by atoms with van der Waals surface area (Å²) in [6.45, 7) is 15.3. The molecule has 1 unspecified atom stereocenters. The smallest absolute Gasteiger partial charge is 0.290 e. The zero-order valence-electron chi connectivity index (χ0n) is 17.1. The lowest BCUT2D eigenvalue weighted by Crippen LogP contribution is -2.55. The Morgan fingerprint density at radius 2 is 1.12 bits per heavy atom. The van der Waals surface area contributed by atoms with E-state index in [-0.39, 0.29) is 5.41 Å². The lowest BCUT2D eigenvalue weighted by Gasteiger charge is -2.46. The van der Waals surface area contributed by atoms with Gasteiger partial charge in [0.25, 0.3) is 5.97 Å². The summed E-state index contributed by atoms with van der Waals surface area (Å²) in [6.07, 6.45) is 8.58. The van der Waals surface area contributed by atoms with Gasteiger partial charge in [-0.05, 0) is 41.0 Å². The molecule has 24 heavy (non-hydrogen) atoms. The minimum atomic E-state index is -1.02. The van der Waals surface area contributed by atoms with Crippen LogP contribution in [0, 0.1) is 5.41 Å². The first-order valence-electron chi connectivity index (χ1n) is 10.0. The minimum absolute atomic E-state index is 0.324. The Morgan fingerprint density at radius 3 is 1.58 bits per heavy atom. The van der Waals surface area contributed by atoms with Gasteiger partial charge in [0.15, 0.2) is 0 Å². The molecule has 0 radical (unpaired) electrons. The van der Waals surface area contributed by atoms with Crippen LogP contribution in [0.3, 0.4) is 0 Å². The van der Waals surface area contributed by atoms with Crippen molar-refractivity contribution >= 4 is 0 Å². The molecule has 0 saturated heterocycles. The fraction of sp³-hybridized carbons (Fsp3) is 1.00. The van der Waals surface area contributed by atoms with Gasteiger partial charge in [-0.15, -0.1) is 0 Å². The number of hydrogen-bond acceptors (Lipinski definition) is 4. The van der Waals surface area contributed by atoms with Gasteiger partial charge in [0.1, 0.15) is 0 Å². The third-order valence-corrected chi connectivity index (χ3v) is 4.45. The molecular weight excluding hydrogens is 304 g/mol. The average Bonchev–Trinajstić information content (AvgIpc) is 2.56. The van der Waals surface area contributed by atoms with Crippen LogP contribution < -0.4 is 0 Å². The van der Waals surface area contributed by atoms with E-state index in [0.29, 0.717) is 33.0 Å². The summed E-state index contributed by atoms with van der Waals surface area (Å²) in [7, 11) is 0. The van der Waals surface area contributed by atoms with Gasteiger partial charge in [-0.2, -0.15) is 0 Å². The first-order chi connectivity index (χ1) is 11.6. The van der Waals surface area contributed by atoms with E-state index >= 15 is 0 Å². The molecule has 0 aliphatic carbocycles. The second kappa shape index (κ2) is 14.1. The number of hydrogen-bond donors (Lipinski definition) is 0. The van der Waals surface area contributed by atoms with Crippen molar-refractivity contribution in [3.63, 3.8) is 0 Å². The van der Waals surface area contributed by atoms with Crippen molar-refractivity contribution in [2.75, 3.05) is 33.0 Å². The quantitative estimate of drug-likeness (QED) is 0.256. The molecule has 0 rings (SSSR count). The topological polar surface area (TPSA) is 36.9 Å². The van der Waals surface area contributed by atoms with Crippen LogP contribution in [0.2, 0.25) is 0 Å². The van der Waals surface area contributed by atoms with E-state index in [9.17, 15) is 0 Å². The molecule has 1 atom stereocenters. The highest BCUT2D eigenvalue weighted by molar-refractivity contribution is 4.85. The average molecular weight is 347 g/mol. The molecule has 0 fully saturated rings. The second-order valence-electron chi connectivity index (χ2n) is 6.57. The SMILES string of the molecule is CCCCCCCCC(C)(COCC)C(OCC)(OCC)OCC. The molecule has 4 nitrogen and oxygen atoms in total. The zero-order valence-corrected chi connectivity index (χ0v) is 17.1. The van der Waals surface area contributed by atoms with Crippen LogP contribution in [0.5, 0.6) is 0 Å². The predicted octanol–water partition coefficient (Wildman–Crippen LogP) is 5.54. The van der Waals surface area contributed by atoms with E-state index in [4.69, 9.17) is 18.9 Å². The van der Waals surface area contributed by atoms with E-state index in [2.05, 4.69) is 13.8 Å². The molecule has 0 bridgehead atoms. The highest BCUT2D eigenvalue weighted by Crippen LogP contribution is 2.42. The van der Waals surface area contributed by atoms with Crippen molar-refractivity contribution in [2.45, 2.75) is 92.5 Å². The van der Waals surface area contributed by atoms with Gasteiger partial charge in [0.05, 0.1) is 12.0 Å². The minimum Gasteiger partial charge on any atom is -0.381 e. The van der Waals surface area contributed by atoms with Crippen LogP contribution >= 0.6 is 0 Å². The summed E-state index contributed by atoms with van der Waals surface area (Å²) in [4.78, 5) is 0. The Morgan fingerprint density at radius 1 is 0.625 bits per heavy atom. The molecular formula is C20H42O4. The van der Waals surface area contributed by atoms with Gasteiger partial charge in [-0.25, -0.2) is 0 Å². The summed E-state index contributed by atoms with van der Waals surface area (Å²) >= 11 is 0. The maximum absolute atomic E-state index is 6.04. The molecule has 4 heteroatoms. The Kier molecular flexibility index (Phi) is 14.0. The Hall–Kier alpha value is -0.160. The summed E-state index contributed by atoms with van der Waals surface area (Å²) in [6, 6.07) is 0. The summed E-state index contributed by atoms with van der Waals surface area (Å²) in [5, 5.41) is 0. The van der Waals surface area contributed by atoms with Crippen LogP contribution in [0.1, 0.15) is 86.5 Å². The summed E-state index contributed by atoms with van der Waals surface area (Å²) in [5.74, 6) is -1.02. The maximum Gasteiger partial charge on any atom is 0.290 e. The number of ether oxygens (including phenoxy) is 4. The Balaban J connectivity index is 5.01. The first kappa shape index (κ1) is 23.8. The lowest BCUT2D eigenvalue weighted by atomic mass is 9.82. The summed E-state index contributed by atoms with van der Waals surface area (Å²) in [5.41, 5.74) is -0.324. The van der Waals surface area contributed by atoms with Crippen molar-refractivity contribution in [3.8, 4) is 0 Å². The molecule has 0 aromatic carbocycles. The van der Waals surface area contributed by atoms with E-state index in [1.165, 1.54) is 32.1 Å². The van der Waals surface area contributed by atoms with Crippen molar-refractivity contribution in [1.29, 1.82) is 0 Å². The third kappa shape index (κ3) is 7.81. The molecule has 0 aromatic rings. The lowest BCUT2D eigenvalue weighted by molar-refractivity contribution is -0.430. The molecule has 0 saturated carbocycles. The van der Waals surface area contributed by atoms with Crippen molar-refractivity contribution in [3.05, 3.63) is 0 Å². The molecule has 0 heterocycles. The fourth-order valence-corrected chi connectivity index (χ4v) is 3.15. The third-order valence-electron chi connectivity index (χ3n) is 4.45. The molecule has 146 valence electrons. The highest BCUT2D eigenvalue weighted by Gasteiger charge is 2.51. The number of rotatable bonds is 17. The zero-order chi connectivity index (χ0) is 18.3. The number of unbranched alkanes of at least 4 members (excludes halogenated alkanes) is 5. The van der Waals surface area contributed by atoms with Crippen molar-refractivity contribution < 1.29 is 18.9 Å². The van der Waals surface area contributed by atoms with Gasteiger partial charge in [0, 0.05) is 26.4 Å². The fourth-order valence-electron chi connectivity index (χ4n) is 3.15. The van der Waals surface area contributed by atoms with E-state index in [1.54, 1.807) is 0 Å². The normalized spacial score (nSPS) is 14.8. The monoisotopic (exact) mass is 346 g/mol. The summed E-state index contributed by atoms with van der Waals surface area (Å²) < 4.78 is 23.9. The molecule has 0 N–H and O–H groups in total. The van der Waals surface area contributed by atoms with Crippen LogP contribution in [0.25, 0.3) is 0 Å². The van der Waals surface area contributed by atoms with Crippen LogP contribution in [0.4, 0.5) is 0 Å². The predicted molar refractivity (Wildman–Crippen MR) is 100 cm³/mol. The largest absolute Gasteiger partial charge is 0.381 e. The molecule has 0 aliphatic rings. The first-order valence-corrected chi connectivity index (χ1v) is 10.0. The van der Waals surface area contributed by atoms with Gasteiger partial charge in [-0.1, -0.05) is 45.4 Å². The molecule has 0 amide bonds. The van der Waals surface area contributed by atoms with Crippen LogP contribution in [-0.4, -0.2) is 39.0 Å². The van der Waals surface area contributed by atoms with Gasteiger partial charge in [0.2, 0.25) is 0 Å². The maximum atomic E-state index is 6.04. The van der Waals surface area contributed by atoms with Crippen molar-refractivity contribution in [2.24, 2.45) is 5.41 Å². The highest BCUT2D eigenvalue weighted by atomic mass is 16.9. The molecule has 0 spiro atoms.